The van der Waals surface area contributed by atoms with E-state index in [1.165, 1.54) is 24.8 Å². The van der Waals surface area contributed by atoms with Crippen molar-refractivity contribution in [3.8, 4) is 0 Å². The first kappa shape index (κ1) is 21.6. The van der Waals surface area contributed by atoms with Gasteiger partial charge in [-0.05, 0) is 71.7 Å². The number of hydrogen-bond donors (Lipinski definition) is 1. The molecule has 1 aromatic carbocycles. The third-order valence-electron chi connectivity index (χ3n) is 5.94. The smallest absolute Gasteiger partial charge is 0.152 e. The number of nitrogens with two attached hydrogens (primary N) is 1. The number of nitrogen functional groups attached to an aromatic ring is 1. The van der Waals surface area contributed by atoms with E-state index in [9.17, 15) is 0 Å². The van der Waals surface area contributed by atoms with Gasteiger partial charge in [0.05, 0.1) is 5.52 Å². The van der Waals surface area contributed by atoms with Crippen LogP contribution in [0, 0.1) is 0 Å². The van der Waals surface area contributed by atoms with Gasteiger partial charge in [0, 0.05) is 29.1 Å². The van der Waals surface area contributed by atoms with E-state index in [1.807, 2.05) is 4.68 Å². The second kappa shape index (κ2) is 9.12. The molecule has 2 N–H and O–H groups in total. The van der Waals surface area contributed by atoms with Crippen LogP contribution < -0.4 is 5.73 Å². The van der Waals surface area contributed by atoms with E-state index in [1.54, 1.807) is 0 Å². The van der Waals surface area contributed by atoms with Crippen LogP contribution in [0.3, 0.4) is 0 Å². The number of unbranched alkanes of at least 4 members (excludes halogenated alkanes) is 3. The van der Waals surface area contributed by atoms with E-state index >= 15 is 0 Å². The topological polar surface area (TPSA) is 60.0 Å². The van der Waals surface area contributed by atoms with Crippen LogP contribution in [0.1, 0.15) is 65.4 Å². The predicted molar refractivity (Wildman–Crippen MR) is 124 cm³/mol. The summed E-state index contributed by atoms with van der Waals surface area (Å²) < 4.78 is 2.01. The van der Waals surface area contributed by atoms with Crippen molar-refractivity contribution in [2.45, 2.75) is 78.3 Å². The van der Waals surface area contributed by atoms with Gasteiger partial charge in [0.2, 0.25) is 0 Å². The van der Waals surface area contributed by atoms with E-state index in [0.29, 0.717) is 5.82 Å². The minimum Gasteiger partial charge on any atom is -0.382 e. The molecule has 0 saturated carbocycles. The Morgan fingerprint density at radius 2 is 1.86 bits per heavy atom. The molecule has 158 valence electrons. The van der Waals surface area contributed by atoms with Crippen LogP contribution in [0.2, 0.25) is 0 Å². The molecule has 0 aliphatic heterocycles. The number of hydrogen-bond acceptors (Lipinski definition) is 4. The van der Waals surface area contributed by atoms with E-state index in [2.05, 4.69) is 74.1 Å². The molecule has 0 aliphatic rings. The Morgan fingerprint density at radius 1 is 1.07 bits per heavy atom. The van der Waals surface area contributed by atoms with Crippen LogP contribution in [0.5, 0.6) is 0 Å². The van der Waals surface area contributed by atoms with Crippen molar-refractivity contribution < 1.29 is 0 Å². The number of rotatable bonds is 9. The molecule has 2 heterocycles. The normalized spacial score (nSPS) is 12.5. The van der Waals surface area contributed by atoms with E-state index < -0.39 is 0 Å². The van der Waals surface area contributed by atoms with Crippen LogP contribution in [0.4, 0.5) is 5.82 Å². The molecule has 3 rings (SSSR count). The highest BCUT2D eigenvalue weighted by molar-refractivity contribution is 6.07. The average Bonchev–Trinajstić information content (AvgIpc) is 3.10. The molecule has 2 aromatic heterocycles. The van der Waals surface area contributed by atoms with Crippen molar-refractivity contribution in [2.24, 2.45) is 0 Å². The number of aryl methyl sites for hydroxylation is 2. The monoisotopic (exact) mass is 395 g/mol. The van der Waals surface area contributed by atoms with Crippen LogP contribution >= 0.6 is 0 Å². The second-order valence-electron chi connectivity index (χ2n) is 9.26. The molecule has 3 aromatic rings. The Kier molecular flexibility index (Phi) is 6.78. The molecule has 0 spiro atoms. The first-order chi connectivity index (χ1) is 13.8. The lowest BCUT2D eigenvalue weighted by Gasteiger charge is -2.31. The maximum Gasteiger partial charge on any atom is 0.152 e. The maximum absolute atomic E-state index is 6.23. The minimum absolute atomic E-state index is 0.250. The second-order valence-corrected chi connectivity index (χ2v) is 9.26. The Hall–Kier alpha value is -2.14. The number of fused-ring (bicyclic) bond motifs is 3. The number of benzene rings is 1. The van der Waals surface area contributed by atoms with Crippen molar-refractivity contribution in [3.05, 3.63) is 30.0 Å². The highest BCUT2D eigenvalue weighted by Crippen LogP contribution is 2.28. The number of aromatic nitrogens is 3. The van der Waals surface area contributed by atoms with Crippen molar-refractivity contribution in [2.75, 3.05) is 19.3 Å². The lowest BCUT2D eigenvalue weighted by molar-refractivity contribution is 0.172. The first-order valence-corrected chi connectivity index (χ1v) is 11.1. The van der Waals surface area contributed by atoms with Crippen molar-refractivity contribution in [1.82, 2.24) is 19.7 Å². The van der Waals surface area contributed by atoms with Gasteiger partial charge in [-0.2, -0.15) is 5.10 Å². The molecule has 0 amide bonds. The molecule has 0 radical (unpaired) electrons. The van der Waals surface area contributed by atoms with Crippen LogP contribution in [0.25, 0.3) is 21.8 Å². The SMILES string of the molecule is CCCCn1cc2c(n1)c(N)nc1cc(CCCCCN(C)C(C)(C)C)ccc12. The molecule has 5 nitrogen and oxygen atoms in total. The summed E-state index contributed by atoms with van der Waals surface area (Å²) in [4.78, 5) is 7.08. The average molecular weight is 396 g/mol. The van der Waals surface area contributed by atoms with Crippen LogP contribution in [-0.2, 0) is 13.0 Å². The predicted octanol–water partition coefficient (Wildman–Crippen LogP) is 5.41. The molecule has 0 saturated heterocycles. The van der Waals surface area contributed by atoms with Gasteiger partial charge >= 0.3 is 0 Å². The fraction of sp³-hybridized carbons (Fsp3) is 0.583. The summed E-state index contributed by atoms with van der Waals surface area (Å²) in [7, 11) is 2.21. The lowest BCUT2D eigenvalue weighted by Crippen LogP contribution is -2.38. The zero-order valence-electron chi connectivity index (χ0n) is 18.8. The third kappa shape index (κ3) is 5.27. The molecule has 5 heteroatoms. The summed E-state index contributed by atoms with van der Waals surface area (Å²) in [5, 5.41) is 6.91. The highest BCUT2D eigenvalue weighted by Gasteiger charge is 2.15. The Balaban J connectivity index is 1.66. The molecule has 0 bridgehead atoms. The fourth-order valence-electron chi connectivity index (χ4n) is 3.67. The summed E-state index contributed by atoms with van der Waals surface area (Å²) in [5.41, 5.74) is 9.62. The van der Waals surface area contributed by atoms with Gasteiger partial charge in [-0.15, -0.1) is 0 Å². The summed E-state index contributed by atoms with van der Waals surface area (Å²) >= 11 is 0. The van der Waals surface area contributed by atoms with Crippen molar-refractivity contribution in [1.29, 1.82) is 0 Å². The molecular formula is C24H37N5. The Labute approximate surface area is 175 Å². The third-order valence-corrected chi connectivity index (χ3v) is 5.94. The fourth-order valence-corrected chi connectivity index (χ4v) is 3.67. The van der Waals surface area contributed by atoms with E-state index in [4.69, 9.17) is 5.73 Å². The summed E-state index contributed by atoms with van der Waals surface area (Å²) in [6, 6.07) is 6.64. The zero-order chi connectivity index (χ0) is 21.0. The zero-order valence-corrected chi connectivity index (χ0v) is 18.8. The molecule has 0 unspecified atom stereocenters. The molecule has 0 atom stereocenters. The van der Waals surface area contributed by atoms with Crippen LogP contribution in [0.15, 0.2) is 24.4 Å². The quantitative estimate of drug-likeness (QED) is 0.492. The Bertz CT molecular complexity index is 951. The highest BCUT2D eigenvalue weighted by atomic mass is 15.3. The van der Waals surface area contributed by atoms with Gasteiger partial charge in [0.25, 0.3) is 0 Å². The molecular weight excluding hydrogens is 358 g/mol. The molecule has 29 heavy (non-hydrogen) atoms. The van der Waals surface area contributed by atoms with Gasteiger partial charge < -0.3 is 10.6 Å². The standard InChI is InChI=1S/C24H37N5/c1-6-7-15-29-17-20-19-13-12-18(16-21(19)26-23(25)22(20)27-29)11-9-8-10-14-28(5)24(2,3)4/h12-13,16-17H,6-11,14-15H2,1-5H3,(H2,25,26). The summed E-state index contributed by atoms with van der Waals surface area (Å²) in [5.74, 6) is 0.533. The van der Waals surface area contributed by atoms with Gasteiger partial charge in [-0.3, -0.25) is 4.68 Å². The van der Waals surface area contributed by atoms with Crippen molar-refractivity contribution >= 4 is 27.6 Å². The number of pyridine rings is 1. The van der Waals surface area contributed by atoms with Gasteiger partial charge in [0.1, 0.15) is 5.52 Å². The number of nitrogens with zero attached hydrogens (tertiary/aromatic N) is 4. The molecule has 0 fully saturated rings. The van der Waals surface area contributed by atoms with E-state index in [-0.39, 0.29) is 5.54 Å². The molecule has 0 aliphatic carbocycles. The van der Waals surface area contributed by atoms with Crippen molar-refractivity contribution in [3.63, 3.8) is 0 Å². The van der Waals surface area contributed by atoms with Gasteiger partial charge in [-0.25, -0.2) is 4.98 Å². The maximum atomic E-state index is 6.23. The lowest BCUT2D eigenvalue weighted by atomic mass is 10.0. The van der Waals surface area contributed by atoms with E-state index in [0.717, 1.165) is 54.2 Å². The minimum atomic E-state index is 0.250. The largest absolute Gasteiger partial charge is 0.382 e. The summed E-state index contributed by atoms with van der Waals surface area (Å²) in [6.07, 6.45) is 9.17. The number of anilines is 1. The van der Waals surface area contributed by atoms with Gasteiger partial charge in [0.15, 0.2) is 5.82 Å². The van der Waals surface area contributed by atoms with Crippen LogP contribution in [-0.4, -0.2) is 38.8 Å². The first-order valence-electron chi connectivity index (χ1n) is 11.1. The Morgan fingerprint density at radius 3 is 2.59 bits per heavy atom. The summed E-state index contributed by atoms with van der Waals surface area (Å²) in [6.45, 7) is 11.1. The van der Waals surface area contributed by atoms with Gasteiger partial charge in [-0.1, -0.05) is 31.9 Å².